The van der Waals surface area contributed by atoms with E-state index in [2.05, 4.69) is 15.9 Å². The van der Waals surface area contributed by atoms with E-state index in [4.69, 9.17) is 11.2 Å². The highest BCUT2D eigenvalue weighted by molar-refractivity contribution is 5.88. The molecule has 3 fully saturated rings. The molecule has 0 bridgehead atoms. The summed E-state index contributed by atoms with van der Waals surface area (Å²) in [7, 11) is 0. The van der Waals surface area contributed by atoms with E-state index in [-0.39, 0.29) is 18.2 Å². The van der Waals surface area contributed by atoms with Gasteiger partial charge in [0.25, 0.3) is 5.91 Å². The monoisotopic (exact) mass is 410 g/mol. The number of halogens is 2. The van der Waals surface area contributed by atoms with E-state index in [1.165, 1.54) is 12.1 Å². The van der Waals surface area contributed by atoms with Crippen LogP contribution in [-0.4, -0.2) is 45.7 Å². The highest BCUT2D eigenvalue weighted by Crippen LogP contribution is 2.47. The molecule has 0 aliphatic carbocycles. The average molecular weight is 410 g/mol. The zero-order valence-corrected chi connectivity index (χ0v) is 16.2. The molecule has 3 aliphatic rings. The molecule has 1 spiro atoms. The zero-order chi connectivity index (χ0) is 20.9. The normalized spacial score (nSPS) is 24.9. The predicted molar refractivity (Wildman–Crippen MR) is 104 cm³/mol. The van der Waals surface area contributed by atoms with Crippen LogP contribution in [0.5, 0.6) is 0 Å². The Balaban J connectivity index is 1.34. The van der Waals surface area contributed by atoms with Gasteiger partial charge in [0.1, 0.15) is 23.6 Å². The number of anilines is 1. The van der Waals surface area contributed by atoms with Gasteiger partial charge in [0.15, 0.2) is 5.60 Å². The lowest BCUT2D eigenvalue weighted by molar-refractivity contribution is -0.140. The molecule has 0 radical (unpaired) electrons. The Morgan fingerprint density at radius 2 is 1.90 bits per heavy atom. The number of terminal acetylenes is 1. The molecule has 1 amide bonds. The fourth-order valence-electron chi connectivity index (χ4n) is 4.79. The first-order valence-corrected chi connectivity index (χ1v) is 10.0. The van der Waals surface area contributed by atoms with Crippen molar-refractivity contribution in [2.45, 2.75) is 43.6 Å². The van der Waals surface area contributed by atoms with Crippen LogP contribution < -0.4 is 4.90 Å². The number of rotatable bonds is 2. The molecular formula is C22H20F2N4O2. The van der Waals surface area contributed by atoms with Crippen molar-refractivity contribution in [3.63, 3.8) is 0 Å². The number of nitrogens with zero attached hydrogens (tertiary/aromatic N) is 4. The SMILES string of the molecule is C#Cc1ccnc(N2CCC3(CC2)O[C@@H]2CC[C@@H](c4cc(F)cc(F)c4)N2C3=O)n1. The lowest BCUT2D eigenvalue weighted by Gasteiger charge is -2.37. The second-order valence-corrected chi connectivity index (χ2v) is 7.95. The molecule has 8 heteroatoms. The maximum Gasteiger partial charge on any atom is 0.257 e. The number of fused-ring (bicyclic) bond motifs is 1. The lowest BCUT2D eigenvalue weighted by atomic mass is 9.89. The van der Waals surface area contributed by atoms with E-state index >= 15 is 0 Å². The molecule has 1 aromatic carbocycles. The summed E-state index contributed by atoms with van der Waals surface area (Å²) in [5.41, 5.74) is 0.0790. The van der Waals surface area contributed by atoms with Gasteiger partial charge in [-0.1, -0.05) is 5.92 Å². The molecule has 30 heavy (non-hydrogen) atoms. The van der Waals surface area contributed by atoms with Crippen molar-refractivity contribution in [1.82, 2.24) is 14.9 Å². The minimum absolute atomic E-state index is 0.0994. The number of ether oxygens (including phenoxy) is 1. The van der Waals surface area contributed by atoms with E-state index in [1.54, 1.807) is 17.2 Å². The van der Waals surface area contributed by atoms with Crippen LogP contribution in [0, 0.1) is 24.0 Å². The highest BCUT2D eigenvalue weighted by Gasteiger charge is 2.58. The largest absolute Gasteiger partial charge is 0.342 e. The Morgan fingerprint density at radius 1 is 1.17 bits per heavy atom. The van der Waals surface area contributed by atoms with Gasteiger partial charge in [0.2, 0.25) is 5.95 Å². The van der Waals surface area contributed by atoms with Crippen molar-refractivity contribution >= 4 is 11.9 Å². The standard InChI is InChI=1S/C22H20F2N4O2/c1-2-17-5-8-25-21(26-17)27-9-6-22(7-10-27)20(29)28-18(3-4-19(28)30-22)14-11-15(23)13-16(24)12-14/h1,5,8,11-13,18-19H,3-4,6-7,9-10H2/t18-,19+/m0/s1. The van der Waals surface area contributed by atoms with E-state index in [1.807, 2.05) is 4.90 Å². The topological polar surface area (TPSA) is 58.6 Å². The number of carbonyl (C=O) groups excluding carboxylic acids is 1. The average Bonchev–Trinajstić information content (AvgIpc) is 3.26. The number of hydrogen-bond donors (Lipinski definition) is 0. The van der Waals surface area contributed by atoms with Crippen LogP contribution >= 0.6 is 0 Å². The molecule has 154 valence electrons. The van der Waals surface area contributed by atoms with Crippen LogP contribution in [0.25, 0.3) is 0 Å². The quantitative estimate of drug-likeness (QED) is 0.713. The number of amides is 1. The second-order valence-electron chi connectivity index (χ2n) is 7.95. The molecule has 3 aliphatic heterocycles. The first-order valence-electron chi connectivity index (χ1n) is 10.0. The predicted octanol–water partition coefficient (Wildman–Crippen LogP) is 2.80. The molecule has 1 aromatic heterocycles. The lowest BCUT2D eigenvalue weighted by Crippen LogP contribution is -2.50. The molecular weight excluding hydrogens is 390 g/mol. The number of piperidine rings is 1. The molecule has 2 atom stereocenters. The van der Waals surface area contributed by atoms with E-state index in [9.17, 15) is 13.6 Å². The highest BCUT2D eigenvalue weighted by atomic mass is 19.1. The van der Waals surface area contributed by atoms with Gasteiger partial charge in [0, 0.05) is 38.2 Å². The van der Waals surface area contributed by atoms with Crippen LogP contribution in [0.2, 0.25) is 0 Å². The van der Waals surface area contributed by atoms with Crippen molar-refractivity contribution in [3.05, 3.63) is 53.4 Å². The Bertz CT molecular complexity index is 1030. The van der Waals surface area contributed by atoms with Crippen LogP contribution in [0.3, 0.4) is 0 Å². The number of aromatic nitrogens is 2. The van der Waals surface area contributed by atoms with Crippen molar-refractivity contribution in [2.24, 2.45) is 0 Å². The molecule has 4 heterocycles. The summed E-state index contributed by atoms with van der Waals surface area (Å²) < 4.78 is 33.7. The van der Waals surface area contributed by atoms with Crippen molar-refractivity contribution in [3.8, 4) is 12.3 Å². The van der Waals surface area contributed by atoms with Gasteiger partial charge < -0.3 is 14.5 Å². The van der Waals surface area contributed by atoms with Crippen molar-refractivity contribution < 1.29 is 18.3 Å². The van der Waals surface area contributed by atoms with Crippen LogP contribution in [0.1, 0.15) is 43.0 Å². The third kappa shape index (κ3) is 3.01. The van der Waals surface area contributed by atoms with E-state index < -0.39 is 17.2 Å². The molecule has 0 saturated carbocycles. The van der Waals surface area contributed by atoms with Crippen LogP contribution in [0.4, 0.5) is 14.7 Å². The van der Waals surface area contributed by atoms with Gasteiger partial charge in [0.05, 0.1) is 6.04 Å². The molecule has 0 N–H and O–H groups in total. The minimum Gasteiger partial charge on any atom is -0.342 e. The minimum atomic E-state index is -0.907. The number of hydrogen-bond acceptors (Lipinski definition) is 5. The molecule has 0 unspecified atom stereocenters. The third-order valence-electron chi connectivity index (χ3n) is 6.23. The third-order valence-corrected chi connectivity index (χ3v) is 6.23. The van der Waals surface area contributed by atoms with E-state index in [0.29, 0.717) is 56.0 Å². The van der Waals surface area contributed by atoms with Gasteiger partial charge in [-0.25, -0.2) is 18.7 Å². The first kappa shape index (κ1) is 18.9. The van der Waals surface area contributed by atoms with Crippen LogP contribution in [0.15, 0.2) is 30.5 Å². The van der Waals surface area contributed by atoms with Gasteiger partial charge in [-0.3, -0.25) is 4.79 Å². The maximum absolute atomic E-state index is 13.7. The molecule has 6 nitrogen and oxygen atoms in total. The maximum atomic E-state index is 13.7. The number of benzene rings is 1. The smallest absolute Gasteiger partial charge is 0.257 e. The summed E-state index contributed by atoms with van der Waals surface area (Å²) in [4.78, 5) is 25.7. The second kappa shape index (κ2) is 7.03. The Kier molecular flexibility index (Phi) is 4.44. The molecule has 3 saturated heterocycles. The van der Waals surface area contributed by atoms with Gasteiger partial charge in [-0.05, 0) is 36.6 Å². The summed E-state index contributed by atoms with van der Waals surface area (Å²) >= 11 is 0. The molecule has 5 rings (SSSR count). The zero-order valence-electron chi connectivity index (χ0n) is 16.2. The van der Waals surface area contributed by atoms with Gasteiger partial charge >= 0.3 is 0 Å². The first-order chi connectivity index (χ1) is 14.5. The van der Waals surface area contributed by atoms with Gasteiger partial charge in [-0.15, -0.1) is 6.42 Å². The van der Waals surface area contributed by atoms with Crippen molar-refractivity contribution in [1.29, 1.82) is 0 Å². The Labute approximate surface area is 172 Å². The molecule has 2 aromatic rings. The van der Waals surface area contributed by atoms with Gasteiger partial charge in [-0.2, -0.15) is 0 Å². The number of carbonyl (C=O) groups is 1. The fourth-order valence-corrected chi connectivity index (χ4v) is 4.79. The summed E-state index contributed by atoms with van der Waals surface area (Å²) in [5.74, 6) is 1.66. The van der Waals surface area contributed by atoms with Crippen molar-refractivity contribution in [2.75, 3.05) is 18.0 Å². The summed E-state index contributed by atoms with van der Waals surface area (Å²) in [6, 6.07) is 4.73. The van der Waals surface area contributed by atoms with Crippen LogP contribution in [-0.2, 0) is 9.53 Å². The Morgan fingerprint density at radius 3 is 2.60 bits per heavy atom. The summed E-state index contributed by atoms with van der Waals surface area (Å²) in [6.07, 6.45) is 8.93. The van der Waals surface area contributed by atoms with E-state index in [0.717, 1.165) is 6.07 Å². The summed E-state index contributed by atoms with van der Waals surface area (Å²) in [5, 5.41) is 0. The Hall–Kier alpha value is -3.05. The summed E-state index contributed by atoms with van der Waals surface area (Å²) in [6.45, 7) is 1.11. The fraction of sp³-hybridized carbons (Fsp3) is 0.409.